The van der Waals surface area contributed by atoms with Gasteiger partial charge in [-0.2, -0.15) is 0 Å². The fourth-order valence-electron chi connectivity index (χ4n) is 11.5. The molecule has 0 bridgehead atoms. The number of amides is 12. The molecule has 0 aromatic heterocycles. The molecule has 1 aliphatic carbocycles. The van der Waals surface area contributed by atoms with Crippen LogP contribution in [0.4, 0.5) is 0 Å². The smallest absolute Gasteiger partial charge is 0.305 e. The third-order valence-corrected chi connectivity index (χ3v) is 17.3. The molecule has 30 nitrogen and oxygen atoms in total. The third kappa shape index (κ3) is 23.7. The number of nitrogens with zero attached hydrogens (tertiary/aromatic N) is 3. The molecule has 0 unspecified atom stereocenters. The highest BCUT2D eigenvalue weighted by molar-refractivity contribution is 6.00. The first-order valence-corrected chi connectivity index (χ1v) is 32.1. The van der Waals surface area contributed by atoms with Crippen molar-refractivity contribution in [3.8, 4) is 0 Å². The van der Waals surface area contributed by atoms with E-state index in [9.17, 15) is 72.5 Å². The Balaban J connectivity index is 1.41. The molecular weight excluding hydrogens is 1190 g/mol. The summed E-state index contributed by atoms with van der Waals surface area (Å²) in [6, 6.07) is -3.69. The Morgan fingerprint density at radius 2 is 1.16 bits per heavy atom. The molecule has 3 fully saturated rings. The van der Waals surface area contributed by atoms with Gasteiger partial charge in [0.15, 0.2) is 5.96 Å². The molecule has 512 valence electrons. The first-order chi connectivity index (χ1) is 43.8. The maximum Gasteiger partial charge on any atom is 0.305 e. The molecule has 0 spiro atoms. The lowest BCUT2D eigenvalue weighted by Gasteiger charge is -2.31. The molecule has 2 saturated heterocycles. The number of guanidine groups is 1. The Labute approximate surface area is 537 Å². The number of nitrogens with one attached hydrogen (secondary N) is 11. The van der Waals surface area contributed by atoms with Crippen LogP contribution in [0.5, 0.6) is 0 Å². The lowest BCUT2D eigenvalue weighted by atomic mass is 9.84. The number of aliphatic carboxylic acids is 1. The topological polar surface area (TPSA) is 440 Å². The van der Waals surface area contributed by atoms with Gasteiger partial charge in [-0.05, 0) is 75.2 Å². The van der Waals surface area contributed by atoms with Gasteiger partial charge in [0.2, 0.25) is 70.9 Å². The van der Waals surface area contributed by atoms with E-state index in [4.69, 9.17) is 5.73 Å². The summed E-state index contributed by atoms with van der Waals surface area (Å²) >= 11 is 0. The van der Waals surface area contributed by atoms with Crippen molar-refractivity contribution in [2.45, 2.75) is 205 Å². The van der Waals surface area contributed by atoms with Gasteiger partial charge in [-0.3, -0.25) is 67.3 Å². The highest BCUT2D eigenvalue weighted by Crippen LogP contribution is 2.28. The van der Waals surface area contributed by atoms with E-state index in [0.717, 1.165) is 37.7 Å². The molecule has 92 heavy (non-hydrogen) atoms. The van der Waals surface area contributed by atoms with Gasteiger partial charge in [-0.25, -0.2) is 0 Å². The average molecular weight is 1290 g/mol. The summed E-state index contributed by atoms with van der Waals surface area (Å²) in [4.78, 5) is 183. The van der Waals surface area contributed by atoms with E-state index in [1.165, 1.54) is 37.7 Å². The minimum atomic E-state index is -1.76. The number of likely N-dealkylation sites (tertiary alicyclic amines) is 2. The number of rotatable bonds is 35. The Morgan fingerprint density at radius 1 is 0.609 bits per heavy atom. The number of aliphatic hydroxyl groups is 1. The SMILES string of the molecule is CC[C@H](C)[C@H](NC(=O)[C@H](CCCNC(N)=NC)NC(=O)[C@H](CC(=O)O)NC(=O)[C@@H](NC(=O)[C@@H]1CCCN1C(=O)CNC(=O)[C@@H](C)NC(=O)[C@H](CC1CCCCC1)NC(=O)[C@H]1CCCN1C(=O)[C@H](CO)NC(=O)[C@@H](Cc1ccccc1)NC(C)=O)[C@@H](C)CC)C(=O)NC. The van der Waals surface area contributed by atoms with Gasteiger partial charge < -0.3 is 84.2 Å². The van der Waals surface area contributed by atoms with Gasteiger partial charge in [0.05, 0.1) is 19.6 Å². The fourth-order valence-corrected chi connectivity index (χ4v) is 11.5. The monoisotopic (exact) mass is 1290 g/mol. The lowest BCUT2D eigenvalue weighted by molar-refractivity contribution is -0.143. The summed E-state index contributed by atoms with van der Waals surface area (Å²) in [5, 5.41) is 49.1. The molecule has 30 heteroatoms. The van der Waals surface area contributed by atoms with E-state index in [2.05, 4.69) is 63.5 Å². The Kier molecular flexibility index (Phi) is 31.7. The van der Waals surface area contributed by atoms with Crippen molar-refractivity contribution in [2.24, 2.45) is 28.5 Å². The van der Waals surface area contributed by atoms with Crippen molar-refractivity contribution in [3.63, 3.8) is 0 Å². The number of carboxylic acids is 1. The summed E-state index contributed by atoms with van der Waals surface area (Å²) < 4.78 is 0. The number of hydrogen-bond donors (Lipinski definition) is 14. The molecule has 1 saturated carbocycles. The van der Waals surface area contributed by atoms with Gasteiger partial charge in [-0.1, -0.05) is 103 Å². The number of hydrogen-bond acceptors (Lipinski definition) is 15. The summed E-state index contributed by atoms with van der Waals surface area (Å²) in [5.74, 6) is -10.9. The van der Waals surface area contributed by atoms with E-state index < -0.39 is 163 Å². The Bertz CT molecular complexity index is 2750. The molecule has 2 heterocycles. The van der Waals surface area contributed by atoms with E-state index in [0.29, 0.717) is 25.7 Å². The van der Waals surface area contributed by atoms with Crippen LogP contribution in [0.15, 0.2) is 35.3 Å². The summed E-state index contributed by atoms with van der Waals surface area (Å²) in [5.41, 5.74) is 6.49. The second-order valence-electron chi connectivity index (χ2n) is 24.1. The normalized spacial score (nSPS) is 19.1. The highest BCUT2D eigenvalue weighted by Gasteiger charge is 2.42. The number of carbonyl (C=O) groups excluding carboxylic acids is 12. The maximum absolute atomic E-state index is 14.2. The van der Waals surface area contributed by atoms with Crippen LogP contribution in [0.2, 0.25) is 0 Å². The second-order valence-corrected chi connectivity index (χ2v) is 24.1. The quantitative estimate of drug-likeness (QED) is 0.0195. The molecule has 1 aromatic carbocycles. The van der Waals surface area contributed by atoms with E-state index >= 15 is 0 Å². The molecule has 0 radical (unpaired) electrons. The van der Waals surface area contributed by atoms with Crippen molar-refractivity contribution in [1.29, 1.82) is 0 Å². The highest BCUT2D eigenvalue weighted by atomic mass is 16.4. The van der Waals surface area contributed by atoms with Crippen molar-refractivity contribution in [1.82, 2.24) is 68.3 Å². The molecule has 15 N–H and O–H groups in total. The van der Waals surface area contributed by atoms with Crippen molar-refractivity contribution < 1.29 is 72.5 Å². The van der Waals surface area contributed by atoms with Crippen LogP contribution in [0.1, 0.15) is 143 Å². The van der Waals surface area contributed by atoms with Crippen LogP contribution in [0, 0.1) is 17.8 Å². The fraction of sp³-hybridized carbons (Fsp3) is 0.677. The minimum Gasteiger partial charge on any atom is -0.481 e. The Hall–Kier alpha value is -8.44. The van der Waals surface area contributed by atoms with Crippen LogP contribution in [0.3, 0.4) is 0 Å². The maximum atomic E-state index is 14.2. The van der Waals surface area contributed by atoms with Gasteiger partial charge in [0, 0.05) is 47.1 Å². The Morgan fingerprint density at radius 3 is 1.75 bits per heavy atom. The standard InChI is InChI=1S/C62H99N15O15/c1-9-35(3)50(59(90)64-7)74-53(84)41(24-17-27-66-62(63)65-8)70-56(87)44(32-49(81)82)72-60(91)51(36(4)10-2)75-58(89)46-25-18-28-76(46)48(80)33-67-52(83)37(5)68-54(85)43(31-40-22-15-12-16-23-40)71-57(88)47-26-19-29-77(47)61(92)45(34-78)73-55(86)42(69-38(6)79)30-39-20-13-11-14-21-39/h11,13-14,20-21,35-37,40-47,50-51,78H,9-10,12,15-19,22-34H2,1-8H3,(H,64,90)(H,67,83)(H,68,85)(H,69,79)(H,70,87)(H,71,88)(H,72,91)(H,73,86)(H,74,84)(H,75,89)(H,81,82)(H3,63,65,66)/t35-,36-,37+,41-,42+,43-,44-,45-,46-,47+,50-,51-/m0/s1. The second kappa shape index (κ2) is 38.4. The number of benzene rings is 1. The molecule has 4 rings (SSSR count). The number of carbonyl (C=O) groups is 13. The van der Waals surface area contributed by atoms with E-state index in [1.807, 2.05) is 6.92 Å². The largest absolute Gasteiger partial charge is 0.481 e. The predicted molar refractivity (Wildman–Crippen MR) is 338 cm³/mol. The number of aliphatic imine (C=N–C) groups is 1. The zero-order valence-corrected chi connectivity index (χ0v) is 54.4. The average Bonchev–Trinajstić information content (AvgIpc) is 1.72. The summed E-state index contributed by atoms with van der Waals surface area (Å²) in [7, 11) is 2.88. The first-order valence-electron chi connectivity index (χ1n) is 32.1. The van der Waals surface area contributed by atoms with Crippen LogP contribution in [0.25, 0.3) is 0 Å². The molecule has 3 aliphatic rings. The number of likely N-dealkylation sites (N-methyl/N-ethyl adjacent to an activating group) is 1. The minimum absolute atomic E-state index is 0.0188. The van der Waals surface area contributed by atoms with Gasteiger partial charge in [0.1, 0.15) is 60.4 Å². The molecular formula is C62H99N15O15. The van der Waals surface area contributed by atoms with Crippen LogP contribution < -0.4 is 64.2 Å². The van der Waals surface area contributed by atoms with Crippen molar-refractivity contribution in [3.05, 3.63) is 35.9 Å². The molecule has 1 aromatic rings. The third-order valence-electron chi connectivity index (χ3n) is 17.3. The van der Waals surface area contributed by atoms with Gasteiger partial charge in [-0.15, -0.1) is 0 Å². The summed E-state index contributed by atoms with van der Waals surface area (Å²) in [6.07, 6.45) is 5.99. The zero-order chi connectivity index (χ0) is 68.2. The van der Waals surface area contributed by atoms with Crippen LogP contribution >= 0.6 is 0 Å². The van der Waals surface area contributed by atoms with Crippen LogP contribution in [-0.2, 0) is 68.7 Å². The van der Waals surface area contributed by atoms with Crippen molar-refractivity contribution >= 4 is 82.8 Å². The van der Waals surface area contributed by atoms with Gasteiger partial charge in [0.25, 0.3) is 0 Å². The number of nitrogens with two attached hydrogens (primary N) is 1. The lowest BCUT2D eigenvalue weighted by Crippen LogP contribution is -2.60. The number of carboxylic acid groups (broad SMARTS) is 1. The molecule has 12 atom stereocenters. The predicted octanol–water partition coefficient (Wildman–Crippen LogP) is -2.16. The first kappa shape index (κ1) is 76.0. The van der Waals surface area contributed by atoms with Gasteiger partial charge >= 0.3 is 5.97 Å². The summed E-state index contributed by atoms with van der Waals surface area (Å²) in [6.45, 7) is 8.62. The van der Waals surface area contributed by atoms with E-state index in [-0.39, 0.29) is 76.0 Å². The van der Waals surface area contributed by atoms with Crippen molar-refractivity contribution in [2.75, 3.05) is 46.9 Å². The number of aliphatic hydroxyl groups excluding tert-OH is 1. The van der Waals surface area contributed by atoms with E-state index in [1.54, 1.807) is 51.1 Å². The molecule has 12 amide bonds. The van der Waals surface area contributed by atoms with Crippen LogP contribution in [-0.4, -0.2) is 210 Å². The molecule has 2 aliphatic heterocycles. The zero-order valence-electron chi connectivity index (χ0n) is 54.4.